The van der Waals surface area contributed by atoms with Gasteiger partial charge in [0.15, 0.2) is 0 Å². The Labute approximate surface area is 116 Å². The molecule has 0 aromatic rings. The summed E-state index contributed by atoms with van der Waals surface area (Å²) in [5.74, 6) is -0.663. The van der Waals surface area contributed by atoms with Crippen LogP contribution in [0.15, 0.2) is 0 Å². The van der Waals surface area contributed by atoms with Crippen LogP contribution in [0.25, 0.3) is 0 Å². The molecule has 3 atom stereocenters. The van der Waals surface area contributed by atoms with Gasteiger partial charge in [0.1, 0.15) is 12.1 Å². The number of piperazine rings is 1. The van der Waals surface area contributed by atoms with Gasteiger partial charge in [-0.05, 0) is 26.2 Å². The first-order chi connectivity index (χ1) is 9.03. The Morgan fingerprint density at radius 1 is 1.25 bits per heavy atom. The lowest BCUT2D eigenvalue weighted by atomic mass is 9.97. The Balaban J connectivity index is 2.90. The summed E-state index contributed by atoms with van der Waals surface area (Å²) in [6.07, 6.45) is -5.04. The van der Waals surface area contributed by atoms with Gasteiger partial charge in [0.05, 0.1) is 6.42 Å². The van der Waals surface area contributed by atoms with Gasteiger partial charge < -0.3 is 10.2 Å². The second-order valence-corrected chi connectivity index (χ2v) is 5.78. The Bertz CT molecular complexity index is 382. The summed E-state index contributed by atoms with van der Waals surface area (Å²) < 4.78 is 37.4. The molecule has 20 heavy (non-hydrogen) atoms. The van der Waals surface area contributed by atoms with Crippen molar-refractivity contribution in [2.24, 2.45) is 5.92 Å². The van der Waals surface area contributed by atoms with Crippen LogP contribution in [-0.2, 0) is 9.59 Å². The lowest BCUT2D eigenvalue weighted by molar-refractivity contribution is -0.164. The van der Waals surface area contributed by atoms with E-state index in [-0.39, 0.29) is 5.92 Å². The zero-order valence-electron chi connectivity index (χ0n) is 12.1. The van der Waals surface area contributed by atoms with E-state index in [1.165, 1.54) is 13.8 Å². The number of carbonyl (C=O) groups excluding carboxylic acids is 2. The summed E-state index contributed by atoms with van der Waals surface area (Å²) in [5, 5.41) is 2.58. The van der Waals surface area contributed by atoms with E-state index in [2.05, 4.69) is 5.32 Å². The first-order valence-corrected chi connectivity index (χ1v) is 6.72. The molecule has 0 bridgehead atoms. The van der Waals surface area contributed by atoms with Crippen molar-refractivity contribution in [2.75, 3.05) is 0 Å². The Morgan fingerprint density at radius 3 is 2.25 bits per heavy atom. The van der Waals surface area contributed by atoms with E-state index in [1.54, 1.807) is 0 Å². The normalized spacial score (nSPS) is 25.9. The minimum Gasteiger partial charge on any atom is -0.343 e. The first-order valence-electron chi connectivity index (χ1n) is 6.72. The molecule has 0 radical (unpaired) electrons. The number of alkyl halides is 3. The summed E-state index contributed by atoms with van der Waals surface area (Å²) in [5.41, 5.74) is 0. The number of halogens is 3. The molecular formula is C13H21F3N2O2. The lowest BCUT2D eigenvalue weighted by Gasteiger charge is -2.41. The molecule has 0 aromatic heterocycles. The number of nitrogens with zero attached hydrogens (tertiary/aromatic N) is 1. The maximum atomic E-state index is 12.5. The molecule has 0 aliphatic carbocycles. The summed E-state index contributed by atoms with van der Waals surface area (Å²) >= 11 is 0. The molecule has 116 valence electrons. The molecule has 1 heterocycles. The molecule has 2 amide bonds. The molecule has 1 fully saturated rings. The van der Waals surface area contributed by atoms with E-state index in [0.29, 0.717) is 6.42 Å². The summed E-state index contributed by atoms with van der Waals surface area (Å²) in [6.45, 7) is 6.56. The zero-order chi connectivity index (χ0) is 15.7. The molecule has 4 nitrogen and oxygen atoms in total. The van der Waals surface area contributed by atoms with Crippen LogP contribution in [0.4, 0.5) is 13.2 Å². The van der Waals surface area contributed by atoms with Crippen LogP contribution < -0.4 is 5.32 Å². The van der Waals surface area contributed by atoms with E-state index < -0.39 is 42.5 Å². The highest BCUT2D eigenvalue weighted by Gasteiger charge is 2.43. The summed E-state index contributed by atoms with van der Waals surface area (Å²) in [4.78, 5) is 25.2. The number of carbonyl (C=O) groups is 2. The number of amides is 2. The van der Waals surface area contributed by atoms with Crippen LogP contribution in [0.2, 0.25) is 0 Å². The average Bonchev–Trinajstić information content (AvgIpc) is 2.22. The monoisotopic (exact) mass is 294 g/mol. The van der Waals surface area contributed by atoms with Crippen LogP contribution in [-0.4, -0.2) is 41.0 Å². The van der Waals surface area contributed by atoms with Gasteiger partial charge in [-0.25, -0.2) is 0 Å². The van der Waals surface area contributed by atoms with Gasteiger partial charge in [0, 0.05) is 6.04 Å². The third-order valence-electron chi connectivity index (χ3n) is 3.37. The molecule has 1 rings (SSSR count). The van der Waals surface area contributed by atoms with Gasteiger partial charge in [-0.1, -0.05) is 13.8 Å². The van der Waals surface area contributed by atoms with Gasteiger partial charge >= 0.3 is 6.18 Å². The van der Waals surface area contributed by atoms with Crippen molar-refractivity contribution in [3.63, 3.8) is 0 Å². The van der Waals surface area contributed by atoms with Crippen molar-refractivity contribution in [1.29, 1.82) is 0 Å². The molecule has 1 saturated heterocycles. The number of rotatable bonds is 4. The van der Waals surface area contributed by atoms with Crippen molar-refractivity contribution >= 4 is 11.8 Å². The number of hydrogen-bond donors (Lipinski definition) is 1. The quantitative estimate of drug-likeness (QED) is 0.863. The van der Waals surface area contributed by atoms with E-state index in [0.717, 1.165) is 4.90 Å². The standard InChI is InChI=1S/C13H21F3N2O2/c1-7(2)5-10-12(20)18(9(4)11(19)17-10)8(3)6-13(14,15)16/h7-10H,5-6H2,1-4H3,(H,17,19). The molecule has 3 unspecified atom stereocenters. The molecule has 0 aromatic carbocycles. The van der Waals surface area contributed by atoms with Gasteiger partial charge in [-0.3, -0.25) is 9.59 Å². The minimum atomic E-state index is -4.36. The van der Waals surface area contributed by atoms with Crippen molar-refractivity contribution in [2.45, 2.75) is 64.8 Å². The molecule has 1 N–H and O–H groups in total. The van der Waals surface area contributed by atoms with Crippen LogP contribution >= 0.6 is 0 Å². The maximum Gasteiger partial charge on any atom is 0.391 e. The second-order valence-electron chi connectivity index (χ2n) is 5.78. The highest BCUT2D eigenvalue weighted by Crippen LogP contribution is 2.27. The molecule has 0 spiro atoms. The van der Waals surface area contributed by atoms with E-state index in [9.17, 15) is 22.8 Å². The molecule has 0 saturated carbocycles. The van der Waals surface area contributed by atoms with E-state index in [4.69, 9.17) is 0 Å². The van der Waals surface area contributed by atoms with Gasteiger partial charge in [0.2, 0.25) is 11.8 Å². The molecule has 1 aliphatic rings. The largest absolute Gasteiger partial charge is 0.391 e. The van der Waals surface area contributed by atoms with Crippen LogP contribution in [0.5, 0.6) is 0 Å². The van der Waals surface area contributed by atoms with Crippen LogP contribution in [0.3, 0.4) is 0 Å². The molecule has 1 aliphatic heterocycles. The third kappa shape index (κ3) is 4.11. The Hall–Kier alpha value is -1.27. The Morgan fingerprint density at radius 2 is 1.80 bits per heavy atom. The third-order valence-corrected chi connectivity index (χ3v) is 3.37. The topological polar surface area (TPSA) is 49.4 Å². The highest BCUT2D eigenvalue weighted by molar-refractivity contribution is 5.96. The fraction of sp³-hybridized carbons (Fsp3) is 0.846. The number of hydrogen-bond acceptors (Lipinski definition) is 2. The SMILES string of the molecule is CC(C)CC1NC(=O)C(C)N(C(C)CC(F)(F)F)C1=O. The second kappa shape index (κ2) is 6.01. The molecule has 7 heteroatoms. The predicted molar refractivity (Wildman–Crippen MR) is 67.8 cm³/mol. The molecular weight excluding hydrogens is 273 g/mol. The van der Waals surface area contributed by atoms with Gasteiger partial charge in [0.25, 0.3) is 0 Å². The van der Waals surface area contributed by atoms with Gasteiger partial charge in [-0.15, -0.1) is 0 Å². The van der Waals surface area contributed by atoms with Crippen LogP contribution in [0, 0.1) is 5.92 Å². The first kappa shape index (κ1) is 16.8. The average molecular weight is 294 g/mol. The highest BCUT2D eigenvalue weighted by atomic mass is 19.4. The Kier molecular flexibility index (Phi) is 5.05. The fourth-order valence-corrected chi connectivity index (χ4v) is 2.51. The van der Waals surface area contributed by atoms with Crippen LogP contribution in [0.1, 0.15) is 40.5 Å². The van der Waals surface area contributed by atoms with Crippen molar-refractivity contribution in [1.82, 2.24) is 10.2 Å². The summed E-state index contributed by atoms with van der Waals surface area (Å²) in [6, 6.07) is -2.64. The predicted octanol–water partition coefficient (Wildman–Crippen LogP) is 2.09. The zero-order valence-corrected chi connectivity index (χ0v) is 12.1. The van der Waals surface area contributed by atoms with E-state index >= 15 is 0 Å². The van der Waals surface area contributed by atoms with E-state index in [1.807, 2.05) is 13.8 Å². The van der Waals surface area contributed by atoms with Crippen molar-refractivity contribution < 1.29 is 22.8 Å². The lowest BCUT2D eigenvalue weighted by Crippen LogP contribution is -2.65. The summed E-state index contributed by atoms with van der Waals surface area (Å²) in [7, 11) is 0. The number of nitrogens with one attached hydrogen (secondary N) is 1. The maximum absolute atomic E-state index is 12.5. The fourth-order valence-electron chi connectivity index (χ4n) is 2.51. The van der Waals surface area contributed by atoms with Gasteiger partial charge in [-0.2, -0.15) is 13.2 Å². The van der Waals surface area contributed by atoms with Crippen molar-refractivity contribution in [3.8, 4) is 0 Å². The van der Waals surface area contributed by atoms with Crippen molar-refractivity contribution in [3.05, 3.63) is 0 Å². The smallest absolute Gasteiger partial charge is 0.343 e. The minimum absolute atomic E-state index is 0.164.